The molecule has 32 heavy (non-hydrogen) atoms. The van der Waals surface area contributed by atoms with Crippen LogP contribution in [0.1, 0.15) is 34.3 Å². The SMILES string of the molecule is O=C(NN=C(c1ccccc1)c1ccccc1)c1ccccc1SCC(=O)N1CCCC1. The Morgan fingerprint density at radius 1 is 0.812 bits per heavy atom. The van der Waals surface area contributed by atoms with E-state index in [1.165, 1.54) is 11.8 Å². The number of carbonyl (C=O) groups excluding carboxylic acids is 2. The fourth-order valence-corrected chi connectivity index (χ4v) is 4.58. The molecule has 0 spiro atoms. The maximum absolute atomic E-state index is 13.0. The van der Waals surface area contributed by atoms with Crippen LogP contribution < -0.4 is 5.43 Å². The van der Waals surface area contributed by atoms with Crippen LogP contribution in [0.5, 0.6) is 0 Å². The molecule has 1 fully saturated rings. The van der Waals surface area contributed by atoms with Gasteiger partial charge in [-0.1, -0.05) is 72.8 Å². The van der Waals surface area contributed by atoms with Crippen LogP contribution in [0.2, 0.25) is 0 Å². The average Bonchev–Trinajstić information content (AvgIpc) is 3.39. The lowest BCUT2D eigenvalue weighted by Gasteiger charge is -2.15. The molecular weight excluding hydrogens is 418 g/mol. The van der Waals surface area contributed by atoms with Gasteiger partial charge in [0.1, 0.15) is 0 Å². The monoisotopic (exact) mass is 443 g/mol. The molecule has 3 aromatic carbocycles. The molecule has 1 aliphatic rings. The predicted octanol–water partition coefficient (Wildman–Crippen LogP) is 4.58. The molecule has 6 heteroatoms. The minimum atomic E-state index is -0.300. The van der Waals surface area contributed by atoms with Gasteiger partial charge in [-0.3, -0.25) is 9.59 Å². The summed E-state index contributed by atoms with van der Waals surface area (Å²) in [6, 6.07) is 26.9. The highest BCUT2D eigenvalue weighted by atomic mass is 32.2. The summed E-state index contributed by atoms with van der Waals surface area (Å²) in [5.41, 5.74) is 5.75. The lowest BCUT2D eigenvalue weighted by Crippen LogP contribution is -2.29. The van der Waals surface area contributed by atoms with Crippen molar-refractivity contribution < 1.29 is 9.59 Å². The van der Waals surface area contributed by atoms with Crippen LogP contribution >= 0.6 is 11.8 Å². The number of thioether (sulfide) groups is 1. The van der Waals surface area contributed by atoms with Crippen molar-refractivity contribution in [3.63, 3.8) is 0 Å². The van der Waals surface area contributed by atoms with Crippen molar-refractivity contribution in [1.82, 2.24) is 10.3 Å². The van der Waals surface area contributed by atoms with Crippen LogP contribution in [-0.4, -0.2) is 41.3 Å². The quantitative estimate of drug-likeness (QED) is 0.330. The fourth-order valence-electron chi connectivity index (χ4n) is 3.63. The van der Waals surface area contributed by atoms with Crippen molar-refractivity contribution in [3.05, 3.63) is 102 Å². The molecule has 2 amide bonds. The first-order valence-electron chi connectivity index (χ1n) is 10.7. The van der Waals surface area contributed by atoms with Gasteiger partial charge in [-0.25, -0.2) is 5.43 Å². The normalized spacial score (nSPS) is 12.9. The van der Waals surface area contributed by atoms with E-state index in [1.807, 2.05) is 83.8 Å². The third-order valence-corrected chi connectivity index (χ3v) is 6.36. The Morgan fingerprint density at radius 2 is 1.38 bits per heavy atom. The Kier molecular flexibility index (Phi) is 7.35. The molecule has 1 heterocycles. The van der Waals surface area contributed by atoms with Gasteiger partial charge in [-0.15, -0.1) is 11.8 Å². The Morgan fingerprint density at radius 3 is 2.00 bits per heavy atom. The highest BCUT2D eigenvalue weighted by Gasteiger charge is 2.19. The van der Waals surface area contributed by atoms with Gasteiger partial charge in [0.05, 0.1) is 17.0 Å². The molecule has 0 atom stereocenters. The van der Waals surface area contributed by atoms with Gasteiger partial charge < -0.3 is 4.90 Å². The van der Waals surface area contributed by atoms with Gasteiger partial charge in [-0.2, -0.15) is 5.10 Å². The summed E-state index contributed by atoms with van der Waals surface area (Å²) in [5, 5.41) is 4.47. The summed E-state index contributed by atoms with van der Waals surface area (Å²) >= 11 is 1.40. The van der Waals surface area contributed by atoms with Gasteiger partial charge >= 0.3 is 0 Å². The Labute approximate surface area is 192 Å². The van der Waals surface area contributed by atoms with Gasteiger partial charge in [0, 0.05) is 29.1 Å². The third-order valence-electron chi connectivity index (χ3n) is 5.31. The maximum atomic E-state index is 13.0. The molecule has 4 rings (SSSR count). The van der Waals surface area contributed by atoms with E-state index in [4.69, 9.17) is 0 Å². The highest BCUT2D eigenvalue weighted by molar-refractivity contribution is 8.00. The van der Waals surface area contributed by atoms with Crippen LogP contribution in [0.3, 0.4) is 0 Å². The molecule has 0 bridgehead atoms. The molecule has 162 valence electrons. The van der Waals surface area contributed by atoms with Crippen molar-refractivity contribution in [2.75, 3.05) is 18.8 Å². The van der Waals surface area contributed by atoms with Crippen molar-refractivity contribution in [2.45, 2.75) is 17.7 Å². The lowest BCUT2D eigenvalue weighted by molar-refractivity contribution is -0.127. The van der Waals surface area contributed by atoms with Crippen LogP contribution in [0, 0.1) is 0 Å². The molecule has 1 saturated heterocycles. The van der Waals surface area contributed by atoms with Crippen LogP contribution in [0.25, 0.3) is 0 Å². The standard InChI is InChI=1S/C26H25N3O2S/c30-24(29-17-9-10-18-29)19-32-23-16-8-7-15-22(23)26(31)28-27-25(20-11-3-1-4-12-20)21-13-5-2-6-14-21/h1-8,11-16H,9-10,17-19H2,(H,28,31). The average molecular weight is 444 g/mol. The maximum Gasteiger partial charge on any atom is 0.272 e. The summed E-state index contributed by atoms with van der Waals surface area (Å²) in [6.07, 6.45) is 2.14. The largest absolute Gasteiger partial charge is 0.342 e. The predicted molar refractivity (Wildman–Crippen MR) is 129 cm³/mol. The second-order valence-electron chi connectivity index (χ2n) is 7.51. The molecule has 0 saturated carbocycles. The first-order valence-corrected chi connectivity index (χ1v) is 11.7. The summed E-state index contributed by atoms with van der Waals surface area (Å²) in [4.78, 5) is 28.1. The van der Waals surface area contributed by atoms with E-state index in [0.29, 0.717) is 17.0 Å². The van der Waals surface area contributed by atoms with Gasteiger partial charge in [0.2, 0.25) is 5.91 Å². The van der Waals surface area contributed by atoms with Gasteiger partial charge in [0.15, 0.2) is 0 Å². The number of hydrazone groups is 1. The zero-order chi connectivity index (χ0) is 22.2. The number of hydrogen-bond acceptors (Lipinski definition) is 4. The van der Waals surface area contributed by atoms with E-state index in [2.05, 4.69) is 10.5 Å². The molecular formula is C26H25N3O2S. The lowest BCUT2D eigenvalue weighted by atomic mass is 10.0. The van der Waals surface area contributed by atoms with E-state index in [-0.39, 0.29) is 11.8 Å². The van der Waals surface area contributed by atoms with Crippen LogP contribution in [-0.2, 0) is 4.79 Å². The molecule has 0 aliphatic carbocycles. The van der Waals surface area contributed by atoms with E-state index in [0.717, 1.165) is 42.0 Å². The molecule has 0 unspecified atom stereocenters. The van der Waals surface area contributed by atoms with Gasteiger partial charge in [-0.05, 0) is 25.0 Å². The van der Waals surface area contributed by atoms with Gasteiger partial charge in [0.25, 0.3) is 5.91 Å². The number of nitrogens with one attached hydrogen (secondary N) is 1. The molecule has 0 radical (unpaired) electrons. The highest BCUT2D eigenvalue weighted by Crippen LogP contribution is 2.24. The molecule has 1 N–H and O–H groups in total. The van der Waals surface area contributed by atoms with Crippen molar-refractivity contribution in [2.24, 2.45) is 5.10 Å². The van der Waals surface area contributed by atoms with Crippen molar-refractivity contribution >= 4 is 29.3 Å². The number of benzene rings is 3. The number of hydrogen-bond donors (Lipinski definition) is 1. The summed E-state index contributed by atoms with van der Waals surface area (Å²) < 4.78 is 0. The minimum absolute atomic E-state index is 0.121. The number of rotatable bonds is 7. The summed E-state index contributed by atoms with van der Waals surface area (Å²) in [6.45, 7) is 1.66. The zero-order valence-corrected chi connectivity index (χ0v) is 18.6. The second-order valence-corrected chi connectivity index (χ2v) is 8.52. The zero-order valence-electron chi connectivity index (χ0n) is 17.7. The van der Waals surface area contributed by atoms with E-state index >= 15 is 0 Å². The Hall–Kier alpha value is -3.38. The van der Waals surface area contributed by atoms with Crippen molar-refractivity contribution in [1.29, 1.82) is 0 Å². The Bertz CT molecular complexity index is 1050. The summed E-state index contributed by atoms with van der Waals surface area (Å²) in [7, 11) is 0. The smallest absolute Gasteiger partial charge is 0.272 e. The third kappa shape index (κ3) is 5.45. The van der Waals surface area contributed by atoms with E-state index in [1.54, 1.807) is 6.07 Å². The first kappa shape index (κ1) is 21.8. The summed E-state index contributed by atoms with van der Waals surface area (Å²) in [5.74, 6) is 0.148. The molecule has 0 aromatic heterocycles. The topological polar surface area (TPSA) is 61.8 Å². The number of carbonyl (C=O) groups is 2. The van der Waals surface area contributed by atoms with Crippen LogP contribution in [0.15, 0.2) is 94.9 Å². The number of likely N-dealkylation sites (tertiary alicyclic amines) is 1. The molecule has 1 aliphatic heterocycles. The first-order chi connectivity index (χ1) is 15.7. The fraction of sp³-hybridized carbons (Fsp3) is 0.192. The van der Waals surface area contributed by atoms with E-state index < -0.39 is 0 Å². The van der Waals surface area contributed by atoms with E-state index in [9.17, 15) is 9.59 Å². The van der Waals surface area contributed by atoms with Crippen molar-refractivity contribution in [3.8, 4) is 0 Å². The Balaban J connectivity index is 1.51. The number of nitrogens with zero attached hydrogens (tertiary/aromatic N) is 2. The minimum Gasteiger partial charge on any atom is -0.342 e. The van der Waals surface area contributed by atoms with Crippen LogP contribution in [0.4, 0.5) is 0 Å². The second kappa shape index (κ2) is 10.8. The molecule has 3 aromatic rings. The number of amides is 2. The molecule has 5 nitrogen and oxygen atoms in total.